The summed E-state index contributed by atoms with van der Waals surface area (Å²) in [5, 5.41) is 4.08. The quantitative estimate of drug-likeness (QED) is 0.835. The summed E-state index contributed by atoms with van der Waals surface area (Å²) in [5.74, 6) is 2.25. The molecule has 0 amide bonds. The maximum atomic E-state index is 6.52. The maximum absolute atomic E-state index is 6.52. The fourth-order valence-corrected chi connectivity index (χ4v) is 2.96. The fraction of sp³-hybridized carbons (Fsp3) is 0.857. The normalized spacial score (nSPS) is 29.2. The lowest BCUT2D eigenvalue weighted by atomic mass is 9.89. The van der Waals surface area contributed by atoms with Gasteiger partial charge in [0.15, 0.2) is 5.82 Å². The van der Waals surface area contributed by atoms with Crippen LogP contribution < -0.4 is 5.73 Å². The van der Waals surface area contributed by atoms with E-state index in [9.17, 15) is 0 Å². The summed E-state index contributed by atoms with van der Waals surface area (Å²) in [6.07, 6.45) is 9.01. The van der Waals surface area contributed by atoms with Crippen molar-refractivity contribution in [3.8, 4) is 0 Å². The maximum Gasteiger partial charge on any atom is 0.226 e. The Bertz CT molecular complexity index is 377. The lowest BCUT2D eigenvalue weighted by molar-refractivity contribution is 0.319. The molecule has 102 valence electrons. The lowest BCUT2D eigenvalue weighted by Crippen LogP contribution is -2.37. The summed E-state index contributed by atoms with van der Waals surface area (Å²) < 4.78 is 5.21. The van der Waals surface area contributed by atoms with Crippen LogP contribution in [0.25, 0.3) is 0 Å². The molecule has 0 spiro atoms. The van der Waals surface area contributed by atoms with Crippen LogP contribution in [0.5, 0.6) is 0 Å². The SMILES string of the molecule is CCCC1CCCC(N)(c2noc(CC)n2)CC1. The number of hydrogen-bond acceptors (Lipinski definition) is 4. The largest absolute Gasteiger partial charge is 0.339 e. The van der Waals surface area contributed by atoms with Crippen molar-refractivity contribution in [2.75, 3.05) is 0 Å². The van der Waals surface area contributed by atoms with Crippen molar-refractivity contribution in [2.45, 2.75) is 70.8 Å². The number of hydrogen-bond donors (Lipinski definition) is 1. The van der Waals surface area contributed by atoms with Crippen molar-refractivity contribution in [3.05, 3.63) is 11.7 Å². The summed E-state index contributed by atoms with van der Waals surface area (Å²) in [6, 6.07) is 0. The van der Waals surface area contributed by atoms with Crippen LogP contribution in [0, 0.1) is 5.92 Å². The predicted molar refractivity (Wildman–Crippen MR) is 71.0 cm³/mol. The second-order valence-corrected chi connectivity index (χ2v) is 5.61. The third-order valence-electron chi connectivity index (χ3n) is 4.15. The molecule has 0 saturated heterocycles. The smallest absolute Gasteiger partial charge is 0.226 e. The van der Waals surface area contributed by atoms with Gasteiger partial charge in [-0.15, -0.1) is 0 Å². The molecule has 1 aromatic heterocycles. The van der Waals surface area contributed by atoms with Crippen molar-refractivity contribution >= 4 is 0 Å². The zero-order valence-electron chi connectivity index (χ0n) is 11.6. The zero-order valence-corrected chi connectivity index (χ0v) is 11.6. The lowest BCUT2D eigenvalue weighted by Gasteiger charge is -2.23. The Kier molecular flexibility index (Phi) is 4.38. The van der Waals surface area contributed by atoms with Crippen LogP contribution in [0.2, 0.25) is 0 Å². The molecule has 4 nitrogen and oxygen atoms in total. The van der Waals surface area contributed by atoms with Gasteiger partial charge in [0.05, 0.1) is 5.54 Å². The third kappa shape index (κ3) is 2.91. The van der Waals surface area contributed by atoms with E-state index in [-0.39, 0.29) is 5.54 Å². The molecule has 0 radical (unpaired) electrons. The van der Waals surface area contributed by atoms with Crippen LogP contribution in [0.4, 0.5) is 0 Å². The average Bonchev–Trinajstić information content (AvgIpc) is 2.78. The number of rotatable bonds is 4. The van der Waals surface area contributed by atoms with Crippen molar-refractivity contribution in [1.29, 1.82) is 0 Å². The van der Waals surface area contributed by atoms with E-state index in [0.29, 0.717) is 5.89 Å². The first-order valence-corrected chi connectivity index (χ1v) is 7.30. The highest BCUT2D eigenvalue weighted by Gasteiger charge is 2.35. The molecule has 2 N–H and O–H groups in total. The number of nitrogens with two attached hydrogens (primary N) is 1. The molecule has 0 aromatic carbocycles. The molecule has 18 heavy (non-hydrogen) atoms. The zero-order chi connectivity index (χ0) is 13.0. The van der Waals surface area contributed by atoms with Crippen LogP contribution >= 0.6 is 0 Å². The standard InChI is InChI=1S/C14H25N3O/c1-3-6-11-7-5-9-14(15,10-8-11)13-16-12(4-2)18-17-13/h11H,3-10,15H2,1-2H3. The summed E-state index contributed by atoms with van der Waals surface area (Å²) in [7, 11) is 0. The Labute approximate surface area is 109 Å². The van der Waals surface area contributed by atoms with Crippen LogP contribution in [0.1, 0.15) is 70.5 Å². The first kappa shape index (κ1) is 13.5. The molecule has 1 aliphatic rings. The summed E-state index contributed by atoms with van der Waals surface area (Å²) in [4.78, 5) is 4.43. The van der Waals surface area contributed by atoms with E-state index >= 15 is 0 Å². The van der Waals surface area contributed by atoms with Gasteiger partial charge < -0.3 is 10.3 Å². The van der Waals surface area contributed by atoms with Gasteiger partial charge in [-0.3, -0.25) is 0 Å². The molecule has 0 aliphatic heterocycles. The van der Waals surface area contributed by atoms with E-state index in [2.05, 4.69) is 17.1 Å². The Hall–Kier alpha value is -0.900. The van der Waals surface area contributed by atoms with Crippen LogP contribution in [0.15, 0.2) is 4.52 Å². The minimum absolute atomic E-state index is 0.362. The van der Waals surface area contributed by atoms with E-state index < -0.39 is 0 Å². The van der Waals surface area contributed by atoms with Gasteiger partial charge >= 0.3 is 0 Å². The monoisotopic (exact) mass is 251 g/mol. The van der Waals surface area contributed by atoms with E-state index in [1.54, 1.807) is 0 Å². The fourth-order valence-electron chi connectivity index (χ4n) is 2.96. The summed E-state index contributed by atoms with van der Waals surface area (Å²) in [6.45, 7) is 4.28. The first-order chi connectivity index (χ1) is 8.68. The highest BCUT2D eigenvalue weighted by atomic mass is 16.5. The van der Waals surface area contributed by atoms with Crippen molar-refractivity contribution in [1.82, 2.24) is 10.1 Å². The molecule has 2 atom stereocenters. The van der Waals surface area contributed by atoms with Gasteiger partial charge in [0.25, 0.3) is 0 Å². The highest BCUT2D eigenvalue weighted by Crippen LogP contribution is 2.36. The molecule has 1 aromatic rings. The van der Waals surface area contributed by atoms with E-state index in [4.69, 9.17) is 10.3 Å². The van der Waals surface area contributed by atoms with Crippen LogP contribution in [-0.4, -0.2) is 10.1 Å². The number of aromatic nitrogens is 2. The van der Waals surface area contributed by atoms with Gasteiger partial charge in [-0.25, -0.2) is 0 Å². The van der Waals surface area contributed by atoms with Crippen molar-refractivity contribution in [3.63, 3.8) is 0 Å². The van der Waals surface area contributed by atoms with Gasteiger partial charge in [-0.1, -0.05) is 44.7 Å². The molecular formula is C14H25N3O. The number of aryl methyl sites for hydroxylation is 1. The van der Waals surface area contributed by atoms with Gasteiger partial charge in [0, 0.05) is 6.42 Å². The van der Waals surface area contributed by atoms with Gasteiger partial charge in [0.1, 0.15) is 0 Å². The molecule has 1 fully saturated rings. The molecule has 2 rings (SSSR count). The predicted octanol–water partition coefficient (Wildman–Crippen LogP) is 3.17. The summed E-state index contributed by atoms with van der Waals surface area (Å²) in [5.41, 5.74) is 6.16. The Balaban J connectivity index is 2.06. The molecule has 1 saturated carbocycles. The van der Waals surface area contributed by atoms with E-state index in [1.807, 2.05) is 6.92 Å². The molecule has 0 bridgehead atoms. The van der Waals surface area contributed by atoms with E-state index in [1.165, 1.54) is 32.1 Å². The minimum Gasteiger partial charge on any atom is -0.339 e. The second-order valence-electron chi connectivity index (χ2n) is 5.61. The Morgan fingerprint density at radius 1 is 1.33 bits per heavy atom. The molecule has 1 heterocycles. The van der Waals surface area contributed by atoms with Crippen molar-refractivity contribution < 1.29 is 4.52 Å². The molecule has 4 heteroatoms. The van der Waals surface area contributed by atoms with Crippen LogP contribution in [0.3, 0.4) is 0 Å². The molecule has 1 aliphatic carbocycles. The van der Waals surface area contributed by atoms with Crippen molar-refractivity contribution in [2.24, 2.45) is 11.7 Å². The average molecular weight is 251 g/mol. The van der Waals surface area contributed by atoms with Gasteiger partial charge in [-0.2, -0.15) is 4.98 Å². The third-order valence-corrected chi connectivity index (χ3v) is 4.15. The Morgan fingerprint density at radius 3 is 2.83 bits per heavy atom. The molecule has 2 unspecified atom stereocenters. The topological polar surface area (TPSA) is 64.9 Å². The number of nitrogens with zero attached hydrogens (tertiary/aromatic N) is 2. The highest BCUT2D eigenvalue weighted by molar-refractivity contribution is 5.05. The van der Waals surface area contributed by atoms with Gasteiger partial charge in [0.2, 0.25) is 5.89 Å². The first-order valence-electron chi connectivity index (χ1n) is 7.30. The van der Waals surface area contributed by atoms with E-state index in [0.717, 1.165) is 31.0 Å². The molecular weight excluding hydrogens is 226 g/mol. The Morgan fingerprint density at radius 2 is 2.17 bits per heavy atom. The van der Waals surface area contributed by atoms with Gasteiger partial charge in [-0.05, 0) is 25.2 Å². The van der Waals surface area contributed by atoms with Crippen LogP contribution in [-0.2, 0) is 12.0 Å². The summed E-state index contributed by atoms with van der Waals surface area (Å²) >= 11 is 0. The minimum atomic E-state index is -0.362. The second kappa shape index (κ2) is 5.83.